The van der Waals surface area contributed by atoms with Gasteiger partial charge in [-0.05, 0) is 19.1 Å². The van der Waals surface area contributed by atoms with E-state index in [-0.39, 0.29) is 15.6 Å². The summed E-state index contributed by atoms with van der Waals surface area (Å²) in [4.78, 5) is 0. The molecular weight excluding hydrogens is 278 g/mol. The zero-order valence-corrected chi connectivity index (χ0v) is 10.8. The molecule has 0 heterocycles. The molecule has 0 saturated carbocycles. The zero-order chi connectivity index (χ0) is 12.5. The lowest BCUT2D eigenvalue weighted by Gasteiger charge is -2.14. The number of rotatable bonds is 3. The fourth-order valence-electron chi connectivity index (χ4n) is 1.23. The normalized spacial score (nSPS) is 13.8. The highest BCUT2D eigenvalue weighted by atomic mass is 35.5. The molecule has 0 spiro atoms. The van der Waals surface area contributed by atoms with Crippen molar-refractivity contribution in [2.24, 2.45) is 0 Å². The Bertz CT molecular complexity index is 502. The summed E-state index contributed by atoms with van der Waals surface area (Å²) < 4.78 is 39.7. The van der Waals surface area contributed by atoms with Crippen LogP contribution in [0.1, 0.15) is 18.6 Å². The maximum atomic E-state index is 13.2. The lowest BCUT2D eigenvalue weighted by Crippen LogP contribution is -2.09. The summed E-state index contributed by atoms with van der Waals surface area (Å²) in [6.45, 7) is 1.42. The third kappa shape index (κ3) is 3.31. The molecule has 1 atom stereocenters. The Morgan fingerprint density at radius 3 is 2.44 bits per heavy atom. The van der Waals surface area contributed by atoms with Crippen LogP contribution in [0.25, 0.3) is 0 Å². The van der Waals surface area contributed by atoms with Crippen LogP contribution < -0.4 is 0 Å². The molecule has 0 aliphatic carbocycles. The Balaban J connectivity index is 3.18. The summed E-state index contributed by atoms with van der Waals surface area (Å²) in [7, 11) is -3.66. The van der Waals surface area contributed by atoms with Gasteiger partial charge in [-0.15, -0.1) is 0 Å². The van der Waals surface area contributed by atoms with Crippen LogP contribution in [-0.4, -0.2) is 14.7 Å². The van der Waals surface area contributed by atoms with Crippen molar-refractivity contribution in [3.8, 4) is 0 Å². The second kappa shape index (κ2) is 4.87. The van der Waals surface area contributed by atoms with Gasteiger partial charge in [-0.2, -0.15) is 8.42 Å². The molecule has 7 heteroatoms. The summed E-state index contributed by atoms with van der Waals surface area (Å²) in [5.74, 6) is -0.676. The van der Waals surface area contributed by atoms with E-state index >= 15 is 0 Å². The van der Waals surface area contributed by atoms with E-state index in [1.54, 1.807) is 0 Å². The van der Waals surface area contributed by atoms with E-state index in [9.17, 15) is 12.8 Å². The lowest BCUT2D eigenvalue weighted by atomic mass is 10.1. The summed E-state index contributed by atoms with van der Waals surface area (Å²) in [6.07, 6.45) is -0.0457. The fraction of sp³-hybridized carbons (Fsp3) is 0.333. The van der Waals surface area contributed by atoms with Gasteiger partial charge >= 0.3 is 0 Å². The second-order valence-electron chi connectivity index (χ2n) is 3.20. The Morgan fingerprint density at radius 2 is 1.94 bits per heavy atom. The van der Waals surface area contributed by atoms with Crippen molar-refractivity contribution in [3.63, 3.8) is 0 Å². The highest BCUT2D eigenvalue weighted by Crippen LogP contribution is 2.34. The largest absolute Gasteiger partial charge is 0.264 e. The third-order valence-electron chi connectivity index (χ3n) is 1.81. The molecular formula is C9H9Cl2FO3S. The van der Waals surface area contributed by atoms with Gasteiger partial charge < -0.3 is 0 Å². The first-order valence-corrected chi connectivity index (χ1v) is 6.81. The van der Waals surface area contributed by atoms with Crippen LogP contribution in [0.5, 0.6) is 0 Å². The predicted octanol–water partition coefficient (Wildman–Crippen LogP) is 3.17. The molecule has 0 aromatic heterocycles. The van der Waals surface area contributed by atoms with Crippen molar-refractivity contribution in [1.29, 1.82) is 0 Å². The topological polar surface area (TPSA) is 43.4 Å². The molecule has 0 amide bonds. The van der Waals surface area contributed by atoms with Gasteiger partial charge in [0.1, 0.15) is 11.9 Å². The van der Waals surface area contributed by atoms with Crippen molar-refractivity contribution in [2.75, 3.05) is 6.26 Å². The molecule has 0 N–H and O–H groups in total. The zero-order valence-electron chi connectivity index (χ0n) is 8.50. The van der Waals surface area contributed by atoms with Crippen molar-refractivity contribution in [3.05, 3.63) is 33.6 Å². The third-order valence-corrected chi connectivity index (χ3v) is 3.16. The minimum atomic E-state index is -3.66. The monoisotopic (exact) mass is 286 g/mol. The van der Waals surface area contributed by atoms with Crippen LogP contribution >= 0.6 is 23.2 Å². The maximum absolute atomic E-state index is 13.2. The molecule has 0 fully saturated rings. The standard InChI is InChI=1S/C9H9Cl2FO3S/c1-5(15-16(2,13)14)8-6(10)3-4-7(12)9(8)11/h3-5H,1-2H3/t5-/m1/s1. The summed E-state index contributed by atoms with van der Waals surface area (Å²) in [5, 5.41) is -0.0776. The number of benzene rings is 1. The Labute approximate surface area is 103 Å². The van der Waals surface area contributed by atoms with E-state index in [2.05, 4.69) is 4.18 Å². The molecule has 0 aliphatic rings. The van der Waals surface area contributed by atoms with E-state index in [0.29, 0.717) is 0 Å². The highest BCUT2D eigenvalue weighted by molar-refractivity contribution is 7.86. The summed E-state index contributed by atoms with van der Waals surface area (Å²) in [5.41, 5.74) is 0.119. The second-order valence-corrected chi connectivity index (χ2v) is 5.59. The van der Waals surface area contributed by atoms with Crippen molar-refractivity contribution >= 4 is 33.3 Å². The van der Waals surface area contributed by atoms with E-state index in [1.807, 2.05) is 0 Å². The van der Waals surface area contributed by atoms with Crippen LogP contribution in [0.4, 0.5) is 4.39 Å². The molecule has 0 radical (unpaired) electrons. The fourth-order valence-corrected chi connectivity index (χ4v) is 2.52. The van der Waals surface area contributed by atoms with E-state index in [1.165, 1.54) is 13.0 Å². The Morgan fingerprint density at radius 1 is 1.38 bits per heavy atom. The molecule has 0 saturated heterocycles. The van der Waals surface area contributed by atoms with Gasteiger partial charge in [-0.3, -0.25) is 4.18 Å². The van der Waals surface area contributed by atoms with Crippen LogP contribution in [0.3, 0.4) is 0 Å². The number of hydrogen-bond acceptors (Lipinski definition) is 3. The first-order chi connectivity index (χ1) is 7.22. The smallest absolute Gasteiger partial charge is 0.262 e. The van der Waals surface area contributed by atoms with Gasteiger partial charge in [0.25, 0.3) is 10.1 Å². The SMILES string of the molecule is C[C@@H](OS(C)(=O)=O)c1c(Cl)ccc(F)c1Cl. The average molecular weight is 287 g/mol. The van der Waals surface area contributed by atoms with E-state index < -0.39 is 22.0 Å². The summed E-state index contributed by atoms with van der Waals surface area (Å²) in [6, 6.07) is 2.39. The van der Waals surface area contributed by atoms with Gasteiger partial charge in [0, 0.05) is 10.6 Å². The molecule has 1 aromatic carbocycles. The predicted molar refractivity (Wildman–Crippen MR) is 60.8 cm³/mol. The molecule has 90 valence electrons. The van der Waals surface area contributed by atoms with Gasteiger partial charge in [0.2, 0.25) is 0 Å². The quantitative estimate of drug-likeness (QED) is 0.633. The first-order valence-electron chi connectivity index (χ1n) is 4.24. The van der Waals surface area contributed by atoms with Crippen LogP contribution in [0.15, 0.2) is 12.1 Å². The lowest BCUT2D eigenvalue weighted by molar-refractivity contribution is 0.236. The van der Waals surface area contributed by atoms with Crippen LogP contribution in [0.2, 0.25) is 10.0 Å². The minimum absolute atomic E-state index is 0.119. The van der Waals surface area contributed by atoms with Crippen LogP contribution in [-0.2, 0) is 14.3 Å². The highest BCUT2D eigenvalue weighted by Gasteiger charge is 2.20. The molecule has 0 unspecified atom stereocenters. The average Bonchev–Trinajstić information content (AvgIpc) is 2.09. The number of hydrogen-bond donors (Lipinski definition) is 0. The Hall–Kier alpha value is -0.360. The van der Waals surface area contributed by atoms with E-state index in [4.69, 9.17) is 23.2 Å². The van der Waals surface area contributed by atoms with Gasteiger partial charge in [-0.1, -0.05) is 23.2 Å². The van der Waals surface area contributed by atoms with Gasteiger partial charge in [0.05, 0.1) is 11.3 Å². The molecule has 16 heavy (non-hydrogen) atoms. The molecule has 0 aliphatic heterocycles. The van der Waals surface area contributed by atoms with Crippen LogP contribution in [0, 0.1) is 5.82 Å². The molecule has 1 aromatic rings. The minimum Gasteiger partial charge on any atom is -0.262 e. The van der Waals surface area contributed by atoms with Gasteiger partial charge in [-0.25, -0.2) is 4.39 Å². The number of halogens is 3. The first kappa shape index (κ1) is 13.7. The van der Waals surface area contributed by atoms with E-state index in [0.717, 1.165) is 12.3 Å². The van der Waals surface area contributed by atoms with Crippen molar-refractivity contribution < 1.29 is 17.0 Å². The maximum Gasteiger partial charge on any atom is 0.264 e. The molecule has 3 nitrogen and oxygen atoms in total. The van der Waals surface area contributed by atoms with Crippen molar-refractivity contribution in [1.82, 2.24) is 0 Å². The Kier molecular flexibility index (Phi) is 4.17. The molecule has 1 rings (SSSR count). The summed E-state index contributed by atoms with van der Waals surface area (Å²) >= 11 is 11.5. The van der Waals surface area contributed by atoms with Gasteiger partial charge in [0.15, 0.2) is 0 Å². The van der Waals surface area contributed by atoms with Crippen molar-refractivity contribution in [2.45, 2.75) is 13.0 Å². The molecule has 0 bridgehead atoms.